The van der Waals surface area contributed by atoms with E-state index in [2.05, 4.69) is 10.3 Å². The van der Waals surface area contributed by atoms with Crippen LogP contribution in [0.3, 0.4) is 0 Å². The minimum absolute atomic E-state index is 0.110. The van der Waals surface area contributed by atoms with E-state index in [1.807, 2.05) is 6.92 Å². The zero-order chi connectivity index (χ0) is 12.8. The van der Waals surface area contributed by atoms with Crippen molar-refractivity contribution < 1.29 is 14.6 Å². The summed E-state index contributed by atoms with van der Waals surface area (Å²) in [7, 11) is 1.62. The summed E-state index contributed by atoms with van der Waals surface area (Å²) >= 11 is 5.73. The Morgan fingerprint density at radius 1 is 1.65 bits per heavy atom. The van der Waals surface area contributed by atoms with Gasteiger partial charge in [-0.25, -0.2) is 9.78 Å². The molecule has 1 aromatic rings. The second-order valence-corrected chi connectivity index (χ2v) is 4.16. The molecule has 0 aliphatic carbocycles. The molecular formula is C11H15ClN2O3. The largest absolute Gasteiger partial charge is 0.478 e. The predicted octanol–water partition coefficient (Wildman–Crippen LogP) is 2.13. The predicted molar refractivity (Wildman–Crippen MR) is 65.7 cm³/mol. The standard InChI is InChI=1S/C11H15ClN2O3/c1-7(6-17-2)5-13-10-8(11(15)16)3-4-9(12)14-10/h3-4,7H,5-6H2,1-2H3,(H,13,14)(H,15,16). The highest BCUT2D eigenvalue weighted by Crippen LogP contribution is 2.17. The van der Waals surface area contributed by atoms with Crippen molar-refractivity contribution in [3.63, 3.8) is 0 Å². The van der Waals surface area contributed by atoms with Crippen LogP contribution in [0.2, 0.25) is 5.15 Å². The lowest BCUT2D eigenvalue weighted by molar-refractivity contribution is 0.0697. The first kappa shape index (κ1) is 13.7. The van der Waals surface area contributed by atoms with Crippen molar-refractivity contribution in [3.8, 4) is 0 Å². The number of aromatic carboxylic acids is 1. The molecule has 0 saturated carbocycles. The molecule has 0 amide bonds. The Labute approximate surface area is 105 Å². The molecule has 0 spiro atoms. The zero-order valence-corrected chi connectivity index (χ0v) is 10.5. The quantitative estimate of drug-likeness (QED) is 0.765. The summed E-state index contributed by atoms with van der Waals surface area (Å²) in [5.74, 6) is -0.494. The van der Waals surface area contributed by atoms with Gasteiger partial charge in [0.1, 0.15) is 16.5 Å². The molecule has 5 nitrogen and oxygen atoms in total. The fraction of sp³-hybridized carbons (Fsp3) is 0.455. The second kappa shape index (κ2) is 6.42. The van der Waals surface area contributed by atoms with E-state index in [-0.39, 0.29) is 22.5 Å². The maximum Gasteiger partial charge on any atom is 0.339 e. The molecule has 0 saturated heterocycles. The Morgan fingerprint density at radius 2 is 2.35 bits per heavy atom. The fourth-order valence-electron chi connectivity index (χ4n) is 1.36. The van der Waals surface area contributed by atoms with Crippen LogP contribution in [0.1, 0.15) is 17.3 Å². The third kappa shape index (κ3) is 4.20. The van der Waals surface area contributed by atoms with Gasteiger partial charge in [-0.2, -0.15) is 0 Å². The van der Waals surface area contributed by atoms with Crippen molar-refractivity contribution in [2.24, 2.45) is 5.92 Å². The molecule has 6 heteroatoms. The lowest BCUT2D eigenvalue weighted by Gasteiger charge is -2.13. The van der Waals surface area contributed by atoms with Gasteiger partial charge in [0.15, 0.2) is 0 Å². The molecule has 1 atom stereocenters. The number of methoxy groups -OCH3 is 1. The van der Waals surface area contributed by atoms with Crippen LogP contribution in [-0.2, 0) is 4.74 Å². The summed E-state index contributed by atoms with van der Waals surface area (Å²) in [5, 5.41) is 12.2. The number of rotatable bonds is 6. The summed E-state index contributed by atoms with van der Waals surface area (Å²) in [5.41, 5.74) is 0.110. The van der Waals surface area contributed by atoms with Crippen molar-refractivity contribution >= 4 is 23.4 Å². The smallest absolute Gasteiger partial charge is 0.339 e. The molecule has 0 fully saturated rings. The van der Waals surface area contributed by atoms with E-state index >= 15 is 0 Å². The van der Waals surface area contributed by atoms with Crippen LogP contribution < -0.4 is 5.32 Å². The second-order valence-electron chi connectivity index (χ2n) is 3.78. The zero-order valence-electron chi connectivity index (χ0n) is 9.74. The molecular weight excluding hydrogens is 244 g/mol. The Morgan fingerprint density at radius 3 is 2.94 bits per heavy atom. The number of carbonyl (C=O) groups is 1. The molecule has 1 aromatic heterocycles. The molecule has 0 aliphatic heterocycles. The number of carboxylic acids is 1. The molecule has 1 unspecified atom stereocenters. The van der Waals surface area contributed by atoms with Gasteiger partial charge in [0.2, 0.25) is 0 Å². The first-order valence-corrected chi connectivity index (χ1v) is 5.55. The summed E-state index contributed by atoms with van der Waals surface area (Å²) in [6.07, 6.45) is 0. The molecule has 0 aliphatic rings. The average molecular weight is 259 g/mol. The van der Waals surface area contributed by atoms with Crippen molar-refractivity contribution in [1.82, 2.24) is 4.98 Å². The molecule has 17 heavy (non-hydrogen) atoms. The minimum Gasteiger partial charge on any atom is -0.478 e. The first-order valence-electron chi connectivity index (χ1n) is 5.17. The Hall–Kier alpha value is -1.33. The van der Waals surface area contributed by atoms with E-state index in [1.54, 1.807) is 7.11 Å². The molecule has 1 heterocycles. The number of carboxylic acid groups (broad SMARTS) is 1. The van der Waals surface area contributed by atoms with Crippen LogP contribution in [0, 0.1) is 5.92 Å². The van der Waals surface area contributed by atoms with Gasteiger partial charge < -0.3 is 15.2 Å². The number of halogens is 1. The lowest BCUT2D eigenvalue weighted by atomic mass is 10.2. The topological polar surface area (TPSA) is 71.5 Å². The van der Waals surface area contributed by atoms with Gasteiger partial charge in [0.25, 0.3) is 0 Å². The van der Waals surface area contributed by atoms with Gasteiger partial charge in [-0.3, -0.25) is 0 Å². The molecule has 0 radical (unpaired) electrons. The number of nitrogens with one attached hydrogen (secondary N) is 1. The SMILES string of the molecule is COCC(C)CNc1nc(Cl)ccc1C(=O)O. The van der Waals surface area contributed by atoms with Gasteiger partial charge in [0, 0.05) is 13.7 Å². The highest BCUT2D eigenvalue weighted by Gasteiger charge is 2.12. The number of anilines is 1. The number of pyridine rings is 1. The van der Waals surface area contributed by atoms with E-state index < -0.39 is 5.97 Å². The number of nitrogens with zero attached hydrogens (tertiary/aromatic N) is 1. The van der Waals surface area contributed by atoms with Crippen LogP contribution in [-0.4, -0.2) is 36.3 Å². The van der Waals surface area contributed by atoms with Crippen LogP contribution in [0.4, 0.5) is 5.82 Å². The Kier molecular flexibility index (Phi) is 5.18. The van der Waals surface area contributed by atoms with Crippen LogP contribution in [0.25, 0.3) is 0 Å². The van der Waals surface area contributed by atoms with Gasteiger partial charge in [0.05, 0.1) is 6.61 Å². The molecule has 0 bridgehead atoms. The van der Waals surface area contributed by atoms with E-state index in [0.29, 0.717) is 13.2 Å². The van der Waals surface area contributed by atoms with Crippen LogP contribution in [0.5, 0.6) is 0 Å². The third-order valence-electron chi connectivity index (χ3n) is 2.16. The van der Waals surface area contributed by atoms with Gasteiger partial charge in [-0.05, 0) is 18.1 Å². The number of aromatic nitrogens is 1. The monoisotopic (exact) mass is 258 g/mol. The maximum absolute atomic E-state index is 11.0. The van der Waals surface area contributed by atoms with Crippen LogP contribution in [0.15, 0.2) is 12.1 Å². The van der Waals surface area contributed by atoms with E-state index in [9.17, 15) is 4.79 Å². The highest BCUT2D eigenvalue weighted by molar-refractivity contribution is 6.29. The highest BCUT2D eigenvalue weighted by atomic mass is 35.5. The van der Waals surface area contributed by atoms with E-state index in [4.69, 9.17) is 21.4 Å². The van der Waals surface area contributed by atoms with Crippen molar-refractivity contribution in [2.75, 3.05) is 25.6 Å². The third-order valence-corrected chi connectivity index (χ3v) is 2.37. The Balaban J connectivity index is 2.75. The Bertz CT molecular complexity index is 398. The normalized spacial score (nSPS) is 12.2. The molecule has 0 aromatic carbocycles. The summed E-state index contributed by atoms with van der Waals surface area (Å²) in [4.78, 5) is 14.9. The summed E-state index contributed by atoms with van der Waals surface area (Å²) < 4.78 is 4.99. The molecule has 2 N–H and O–H groups in total. The first-order chi connectivity index (χ1) is 8.04. The number of ether oxygens (including phenoxy) is 1. The van der Waals surface area contributed by atoms with Gasteiger partial charge in [-0.15, -0.1) is 0 Å². The van der Waals surface area contributed by atoms with Gasteiger partial charge >= 0.3 is 5.97 Å². The summed E-state index contributed by atoms with van der Waals surface area (Å²) in [6.45, 7) is 3.15. The molecule has 1 rings (SSSR count). The minimum atomic E-state index is -1.03. The number of hydrogen-bond acceptors (Lipinski definition) is 4. The van der Waals surface area contributed by atoms with E-state index in [0.717, 1.165) is 0 Å². The fourth-order valence-corrected chi connectivity index (χ4v) is 1.50. The number of hydrogen-bond donors (Lipinski definition) is 2. The lowest BCUT2D eigenvalue weighted by Crippen LogP contribution is -2.18. The molecule has 94 valence electrons. The van der Waals surface area contributed by atoms with Crippen molar-refractivity contribution in [1.29, 1.82) is 0 Å². The van der Waals surface area contributed by atoms with Gasteiger partial charge in [-0.1, -0.05) is 18.5 Å². The van der Waals surface area contributed by atoms with Crippen molar-refractivity contribution in [3.05, 3.63) is 22.8 Å². The average Bonchev–Trinajstić information content (AvgIpc) is 2.26. The summed E-state index contributed by atoms with van der Waals surface area (Å²) in [6, 6.07) is 2.88. The van der Waals surface area contributed by atoms with Crippen LogP contribution >= 0.6 is 11.6 Å². The van der Waals surface area contributed by atoms with Crippen molar-refractivity contribution in [2.45, 2.75) is 6.92 Å². The maximum atomic E-state index is 11.0. The van der Waals surface area contributed by atoms with E-state index in [1.165, 1.54) is 12.1 Å².